The quantitative estimate of drug-likeness (QED) is 0.896. The number of benzene rings is 1. The first-order valence-electron chi connectivity index (χ1n) is 6.04. The highest BCUT2D eigenvalue weighted by Crippen LogP contribution is 2.22. The number of hydrogen-bond acceptors (Lipinski definition) is 3. The van der Waals surface area contributed by atoms with Crippen molar-refractivity contribution < 1.29 is 9.53 Å². The summed E-state index contributed by atoms with van der Waals surface area (Å²) in [4.78, 5) is 11.8. The zero-order valence-corrected chi connectivity index (χ0v) is 12.3. The molecule has 0 spiro atoms. The average Bonchev–Trinajstić information content (AvgIpc) is 2.90. The lowest BCUT2D eigenvalue weighted by Gasteiger charge is -2.13. The van der Waals surface area contributed by atoms with E-state index in [0.29, 0.717) is 17.3 Å². The zero-order chi connectivity index (χ0) is 13.0. The minimum atomic E-state index is -0.0525. The van der Waals surface area contributed by atoms with E-state index in [0.717, 1.165) is 24.9 Å². The summed E-state index contributed by atoms with van der Waals surface area (Å²) in [6, 6.07) is 5.35. The standard InChI is InChI=1S/C13H17ClN2O2.ClH/c1-18-12-7-10(14)5-4-9(12)8-16-13(17)11-3-2-6-15-11;/h4-5,7,11,15H,2-3,6,8H2,1H3,(H,16,17);1H. The first-order chi connectivity index (χ1) is 8.70. The van der Waals surface area contributed by atoms with Crippen LogP contribution in [0.4, 0.5) is 0 Å². The van der Waals surface area contributed by atoms with E-state index in [9.17, 15) is 4.79 Å². The van der Waals surface area contributed by atoms with Crippen molar-refractivity contribution in [2.75, 3.05) is 13.7 Å². The van der Waals surface area contributed by atoms with Crippen molar-refractivity contribution in [1.82, 2.24) is 10.6 Å². The normalized spacial score (nSPS) is 17.7. The highest BCUT2D eigenvalue weighted by Gasteiger charge is 2.21. The molecule has 0 aromatic heterocycles. The summed E-state index contributed by atoms with van der Waals surface area (Å²) in [7, 11) is 1.59. The lowest BCUT2D eigenvalue weighted by Crippen LogP contribution is -2.40. The molecular formula is C13H18Cl2N2O2. The number of nitrogens with one attached hydrogen (secondary N) is 2. The first-order valence-corrected chi connectivity index (χ1v) is 6.42. The Balaban J connectivity index is 0.00000180. The Morgan fingerprint density at radius 2 is 2.37 bits per heavy atom. The summed E-state index contributed by atoms with van der Waals surface area (Å²) in [5.74, 6) is 0.742. The van der Waals surface area contributed by atoms with Crippen molar-refractivity contribution >= 4 is 29.9 Å². The van der Waals surface area contributed by atoms with Crippen LogP contribution in [0.25, 0.3) is 0 Å². The number of amides is 1. The van der Waals surface area contributed by atoms with Crippen LogP contribution in [0.3, 0.4) is 0 Å². The van der Waals surface area contributed by atoms with Crippen LogP contribution in [-0.2, 0) is 11.3 Å². The molecule has 1 saturated heterocycles. The lowest BCUT2D eigenvalue weighted by molar-refractivity contribution is -0.122. The summed E-state index contributed by atoms with van der Waals surface area (Å²) in [6.45, 7) is 1.37. The van der Waals surface area contributed by atoms with Gasteiger partial charge in [-0.2, -0.15) is 0 Å². The summed E-state index contributed by atoms with van der Waals surface area (Å²) in [5, 5.41) is 6.70. The molecule has 1 fully saturated rings. The Morgan fingerprint density at radius 1 is 1.58 bits per heavy atom. The Labute approximate surface area is 124 Å². The first kappa shape index (κ1) is 16.1. The predicted octanol–water partition coefficient (Wildman–Crippen LogP) is 2.14. The molecule has 1 aliphatic heterocycles. The van der Waals surface area contributed by atoms with Crippen LogP contribution >= 0.6 is 24.0 Å². The number of halogens is 2. The van der Waals surface area contributed by atoms with Gasteiger partial charge in [0.25, 0.3) is 0 Å². The molecule has 1 aromatic carbocycles. The molecule has 0 bridgehead atoms. The Bertz CT molecular complexity index is 435. The SMILES string of the molecule is COc1cc(Cl)ccc1CNC(=O)C1CCCN1.Cl. The van der Waals surface area contributed by atoms with Crippen molar-refractivity contribution in [3.05, 3.63) is 28.8 Å². The average molecular weight is 305 g/mol. The van der Waals surface area contributed by atoms with E-state index >= 15 is 0 Å². The molecule has 1 atom stereocenters. The Hall–Kier alpha value is -0.970. The van der Waals surface area contributed by atoms with Gasteiger partial charge >= 0.3 is 0 Å². The highest BCUT2D eigenvalue weighted by atomic mass is 35.5. The number of ether oxygens (including phenoxy) is 1. The molecule has 19 heavy (non-hydrogen) atoms. The van der Waals surface area contributed by atoms with Gasteiger partial charge in [0.1, 0.15) is 5.75 Å². The van der Waals surface area contributed by atoms with Crippen LogP contribution in [0.1, 0.15) is 18.4 Å². The van der Waals surface area contributed by atoms with E-state index in [2.05, 4.69) is 10.6 Å². The van der Waals surface area contributed by atoms with Crippen molar-refractivity contribution in [2.45, 2.75) is 25.4 Å². The van der Waals surface area contributed by atoms with Crippen LogP contribution in [0.15, 0.2) is 18.2 Å². The second kappa shape index (κ2) is 7.58. The van der Waals surface area contributed by atoms with Crippen LogP contribution in [-0.4, -0.2) is 25.6 Å². The monoisotopic (exact) mass is 304 g/mol. The maximum Gasteiger partial charge on any atom is 0.237 e. The molecule has 1 heterocycles. The summed E-state index contributed by atoms with van der Waals surface area (Å²) in [6.07, 6.45) is 1.96. The van der Waals surface area contributed by atoms with Crippen LogP contribution < -0.4 is 15.4 Å². The van der Waals surface area contributed by atoms with Gasteiger partial charge in [-0.3, -0.25) is 4.79 Å². The Morgan fingerprint density at radius 3 is 3.00 bits per heavy atom. The molecule has 1 aliphatic rings. The van der Waals surface area contributed by atoms with E-state index in [1.165, 1.54) is 0 Å². The van der Waals surface area contributed by atoms with Gasteiger partial charge < -0.3 is 15.4 Å². The van der Waals surface area contributed by atoms with Gasteiger partial charge in [-0.1, -0.05) is 17.7 Å². The van der Waals surface area contributed by atoms with Gasteiger partial charge in [0.2, 0.25) is 5.91 Å². The van der Waals surface area contributed by atoms with E-state index in [4.69, 9.17) is 16.3 Å². The molecule has 1 aromatic rings. The maximum atomic E-state index is 11.8. The smallest absolute Gasteiger partial charge is 0.237 e. The molecule has 1 amide bonds. The van der Waals surface area contributed by atoms with Crippen molar-refractivity contribution in [1.29, 1.82) is 0 Å². The molecule has 1 unspecified atom stereocenters. The Kier molecular flexibility index (Phi) is 6.42. The fourth-order valence-electron chi connectivity index (χ4n) is 2.08. The zero-order valence-electron chi connectivity index (χ0n) is 10.7. The number of rotatable bonds is 4. The largest absolute Gasteiger partial charge is 0.496 e. The van der Waals surface area contributed by atoms with Crippen molar-refractivity contribution in [3.8, 4) is 5.75 Å². The third kappa shape index (κ3) is 4.27. The van der Waals surface area contributed by atoms with Gasteiger partial charge in [-0.25, -0.2) is 0 Å². The molecule has 0 saturated carbocycles. The van der Waals surface area contributed by atoms with Gasteiger partial charge in [-0.15, -0.1) is 12.4 Å². The highest BCUT2D eigenvalue weighted by molar-refractivity contribution is 6.30. The minimum Gasteiger partial charge on any atom is -0.496 e. The number of carbonyl (C=O) groups is 1. The molecule has 4 nitrogen and oxygen atoms in total. The molecule has 0 radical (unpaired) electrons. The number of carbonyl (C=O) groups excluding carboxylic acids is 1. The second-order valence-electron chi connectivity index (χ2n) is 4.32. The van der Waals surface area contributed by atoms with E-state index < -0.39 is 0 Å². The van der Waals surface area contributed by atoms with Crippen LogP contribution in [0.2, 0.25) is 5.02 Å². The third-order valence-corrected chi connectivity index (χ3v) is 3.31. The number of hydrogen-bond donors (Lipinski definition) is 2. The van der Waals surface area contributed by atoms with Gasteiger partial charge in [0.15, 0.2) is 0 Å². The molecule has 2 N–H and O–H groups in total. The molecule has 2 rings (SSSR count). The fourth-order valence-corrected chi connectivity index (χ4v) is 2.24. The summed E-state index contributed by atoms with van der Waals surface area (Å²) in [5.41, 5.74) is 0.924. The van der Waals surface area contributed by atoms with Crippen molar-refractivity contribution in [2.24, 2.45) is 0 Å². The summed E-state index contributed by atoms with van der Waals surface area (Å²) >= 11 is 5.88. The van der Waals surface area contributed by atoms with Gasteiger partial charge in [-0.05, 0) is 31.5 Å². The summed E-state index contributed by atoms with van der Waals surface area (Å²) < 4.78 is 5.23. The molecule has 6 heteroatoms. The fraction of sp³-hybridized carbons (Fsp3) is 0.462. The third-order valence-electron chi connectivity index (χ3n) is 3.08. The molecule has 0 aliphatic carbocycles. The maximum absolute atomic E-state index is 11.8. The molecular weight excluding hydrogens is 287 g/mol. The predicted molar refractivity (Wildman–Crippen MR) is 78.1 cm³/mol. The minimum absolute atomic E-state index is 0. The molecule has 106 valence electrons. The van der Waals surface area contributed by atoms with E-state index in [-0.39, 0.29) is 24.4 Å². The second-order valence-corrected chi connectivity index (χ2v) is 4.76. The van der Waals surface area contributed by atoms with Crippen LogP contribution in [0.5, 0.6) is 5.75 Å². The van der Waals surface area contributed by atoms with Gasteiger partial charge in [0, 0.05) is 17.1 Å². The van der Waals surface area contributed by atoms with Gasteiger partial charge in [0.05, 0.1) is 13.2 Å². The van der Waals surface area contributed by atoms with Crippen LogP contribution in [0, 0.1) is 0 Å². The van der Waals surface area contributed by atoms with Crippen molar-refractivity contribution in [3.63, 3.8) is 0 Å². The number of methoxy groups -OCH3 is 1. The van der Waals surface area contributed by atoms with E-state index in [1.54, 1.807) is 19.2 Å². The lowest BCUT2D eigenvalue weighted by atomic mass is 10.2. The van der Waals surface area contributed by atoms with E-state index in [1.807, 2.05) is 6.07 Å². The topological polar surface area (TPSA) is 50.4 Å².